The van der Waals surface area contributed by atoms with Crippen LogP contribution in [0.15, 0.2) is 0 Å². The third kappa shape index (κ3) is 7.58. The third-order valence-corrected chi connectivity index (χ3v) is 1.51. The van der Waals surface area contributed by atoms with Gasteiger partial charge in [0.2, 0.25) is 0 Å². The van der Waals surface area contributed by atoms with Crippen LogP contribution in [0.3, 0.4) is 0 Å². The second-order valence-corrected chi connectivity index (χ2v) is 2.51. The number of urea groups is 1. The van der Waals surface area contributed by atoms with E-state index < -0.39 is 6.03 Å². The van der Waals surface area contributed by atoms with E-state index in [1.54, 1.807) is 0 Å². The Morgan fingerprint density at radius 3 is 2.90 bits per heavy atom. The molecular weight excluding hydrogens is 150 g/mol. The van der Waals surface area contributed by atoms with Crippen LogP contribution in [-0.2, 0) is 0 Å². The lowest BCUT2D eigenvalue weighted by atomic mass is 10.3. The predicted molar refractivity (Wildman–Crippen MR) is 43.2 cm³/mol. The normalized spacial score (nSPS) is 9.30. The Morgan fingerprint density at radius 2 is 2.40 bits per heavy atom. The second-order valence-electron chi connectivity index (χ2n) is 1.82. The first-order chi connectivity index (χ1) is 4.77. The molecule has 0 heterocycles. The Kier molecular flexibility index (Phi) is 6.42. The fourth-order valence-electron chi connectivity index (χ4n) is 0.386. The number of primary amides is 1. The highest BCUT2D eigenvalue weighted by Gasteiger charge is 1.89. The molecule has 2 amide bonds. The monoisotopic (exact) mass is 163 g/mol. The number of rotatable bonds is 5. The smallest absolute Gasteiger partial charge is 0.323 e. The van der Waals surface area contributed by atoms with Gasteiger partial charge in [0.05, 0.1) is 0 Å². The first-order valence-electron chi connectivity index (χ1n) is 3.21. The molecule has 0 radical (unpaired) electrons. The van der Waals surface area contributed by atoms with Crippen molar-refractivity contribution >= 4 is 18.2 Å². The Bertz CT molecular complexity index is 98.9. The van der Waals surface area contributed by atoms with Gasteiger partial charge in [-0.3, -0.25) is 4.72 Å². The number of carbonyl (C=O) groups is 1. The van der Waals surface area contributed by atoms with Crippen molar-refractivity contribution in [2.45, 2.75) is 19.8 Å². The van der Waals surface area contributed by atoms with Gasteiger partial charge in [0, 0.05) is 18.7 Å². The van der Waals surface area contributed by atoms with Crippen LogP contribution >= 0.6 is 12.1 Å². The lowest BCUT2D eigenvalue weighted by Gasteiger charge is -2.00. The van der Waals surface area contributed by atoms with Gasteiger partial charge in [-0.25, -0.2) is 9.52 Å². The van der Waals surface area contributed by atoms with Crippen molar-refractivity contribution in [2.75, 3.05) is 6.54 Å². The molecule has 4 nitrogen and oxygen atoms in total. The van der Waals surface area contributed by atoms with Crippen molar-refractivity contribution in [3.05, 3.63) is 0 Å². The SMILES string of the molecule is CCCCNSNC(N)=O. The van der Waals surface area contributed by atoms with Crippen LogP contribution < -0.4 is 15.2 Å². The lowest BCUT2D eigenvalue weighted by molar-refractivity contribution is 0.254. The van der Waals surface area contributed by atoms with Crippen LogP contribution in [0.1, 0.15) is 19.8 Å². The number of hydrogen-bond donors (Lipinski definition) is 3. The summed E-state index contributed by atoms with van der Waals surface area (Å²) in [7, 11) is 0. The Morgan fingerprint density at radius 1 is 1.70 bits per heavy atom. The molecule has 0 fully saturated rings. The van der Waals surface area contributed by atoms with Gasteiger partial charge in [0.1, 0.15) is 0 Å². The maximum Gasteiger partial charge on any atom is 0.323 e. The summed E-state index contributed by atoms with van der Waals surface area (Å²) in [6.07, 6.45) is 2.25. The zero-order chi connectivity index (χ0) is 7.82. The molecule has 0 aliphatic carbocycles. The summed E-state index contributed by atoms with van der Waals surface area (Å²) in [5, 5.41) is 0. The first-order valence-corrected chi connectivity index (χ1v) is 4.03. The maximum atomic E-state index is 10.1. The van der Waals surface area contributed by atoms with Crippen LogP contribution in [0.25, 0.3) is 0 Å². The number of nitrogens with one attached hydrogen (secondary N) is 2. The third-order valence-electron chi connectivity index (χ3n) is 0.856. The molecule has 0 saturated carbocycles. The highest BCUT2D eigenvalue weighted by atomic mass is 32.2. The van der Waals surface area contributed by atoms with Gasteiger partial charge < -0.3 is 5.73 Å². The average Bonchev–Trinajstić information content (AvgIpc) is 1.87. The fourth-order valence-corrected chi connectivity index (χ4v) is 0.806. The van der Waals surface area contributed by atoms with E-state index in [0.717, 1.165) is 31.5 Å². The van der Waals surface area contributed by atoms with E-state index in [2.05, 4.69) is 16.4 Å². The topological polar surface area (TPSA) is 67.2 Å². The molecule has 0 aromatic rings. The summed E-state index contributed by atoms with van der Waals surface area (Å²) in [5.41, 5.74) is 4.80. The largest absolute Gasteiger partial charge is 0.351 e. The Hall–Kier alpha value is -0.420. The first kappa shape index (κ1) is 9.58. The lowest BCUT2D eigenvalue weighted by Crippen LogP contribution is -2.26. The summed E-state index contributed by atoms with van der Waals surface area (Å²) in [6.45, 7) is 3.00. The minimum Gasteiger partial charge on any atom is -0.351 e. The van der Waals surface area contributed by atoms with E-state index in [9.17, 15) is 4.79 Å². The molecule has 0 bridgehead atoms. The van der Waals surface area contributed by atoms with Crippen molar-refractivity contribution in [1.29, 1.82) is 0 Å². The molecule has 0 saturated heterocycles. The molecule has 0 aliphatic rings. The summed E-state index contributed by atoms with van der Waals surface area (Å²) in [5.74, 6) is 0. The molecule has 0 unspecified atom stereocenters. The quantitative estimate of drug-likeness (QED) is 0.411. The van der Waals surface area contributed by atoms with E-state index in [1.807, 2.05) is 0 Å². The average molecular weight is 163 g/mol. The maximum absolute atomic E-state index is 10.1. The van der Waals surface area contributed by atoms with Crippen molar-refractivity contribution < 1.29 is 4.79 Å². The standard InChI is InChI=1S/C5H13N3OS/c1-2-3-4-7-10-8-5(6)9/h7H,2-4H2,1H3,(H3,6,8,9). The van der Waals surface area contributed by atoms with Gasteiger partial charge in [-0.05, 0) is 6.42 Å². The van der Waals surface area contributed by atoms with Gasteiger partial charge >= 0.3 is 6.03 Å². The van der Waals surface area contributed by atoms with E-state index in [1.165, 1.54) is 0 Å². The molecule has 0 atom stereocenters. The van der Waals surface area contributed by atoms with Crippen LogP contribution in [0.5, 0.6) is 0 Å². The summed E-state index contributed by atoms with van der Waals surface area (Å²) >= 11 is 1.13. The van der Waals surface area contributed by atoms with Crippen molar-refractivity contribution in [1.82, 2.24) is 9.44 Å². The number of carbonyl (C=O) groups excluding carboxylic acids is 1. The van der Waals surface area contributed by atoms with Crippen LogP contribution in [0.2, 0.25) is 0 Å². The molecule has 0 aliphatic heterocycles. The minimum atomic E-state index is -0.519. The zero-order valence-corrected chi connectivity index (χ0v) is 6.83. The van der Waals surface area contributed by atoms with Crippen LogP contribution in [0, 0.1) is 0 Å². The molecule has 0 aromatic heterocycles. The molecule has 60 valence electrons. The minimum absolute atomic E-state index is 0.519. The van der Waals surface area contributed by atoms with E-state index in [0.29, 0.717) is 0 Å². The molecule has 5 heteroatoms. The van der Waals surface area contributed by atoms with E-state index in [-0.39, 0.29) is 0 Å². The summed E-state index contributed by atoms with van der Waals surface area (Å²) in [6, 6.07) is -0.519. The van der Waals surface area contributed by atoms with Crippen molar-refractivity contribution in [3.63, 3.8) is 0 Å². The molecule has 10 heavy (non-hydrogen) atoms. The van der Waals surface area contributed by atoms with Gasteiger partial charge in [0.25, 0.3) is 0 Å². The number of nitrogens with two attached hydrogens (primary N) is 1. The molecule has 0 rings (SSSR count). The van der Waals surface area contributed by atoms with Gasteiger partial charge in [0.15, 0.2) is 0 Å². The number of hydrogen-bond acceptors (Lipinski definition) is 3. The van der Waals surface area contributed by atoms with Gasteiger partial charge in [-0.2, -0.15) is 0 Å². The van der Waals surface area contributed by atoms with Crippen molar-refractivity contribution in [3.8, 4) is 0 Å². The highest BCUT2D eigenvalue weighted by molar-refractivity contribution is 7.96. The Labute approximate surface area is 65.2 Å². The predicted octanol–water partition coefficient (Wildman–Crippen LogP) is 0.608. The van der Waals surface area contributed by atoms with E-state index >= 15 is 0 Å². The van der Waals surface area contributed by atoms with E-state index in [4.69, 9.17) is 5.73 Å². The number of unbranched alkanes of at least 4 members (excludes halogenated alkanes) is 1. The molecule has 0 aromatic carbocycles. The molecule has 0 spiro atoms. The van der Waals surface area contributed by atoms with Crippen LogP contribution in [-0.4, -0.2) is 12.6 Å². The Balaban J connectivity index is 2.84. The molecular formula is C5H13N3OS. The van der Waals surface area contributed by atoms with Crippen LogP contribution in [0.4, 0.5) is 4.79 Å². The zero-order valence-electron chi connectivity index (χ0n) is 6.02. The summed E-state index contributed by atoms with van der Waals surface area (Å²) in [4.78, 5) is 10.1. The van der Waals surface area contributed by atoms with Crippen molar-refractivity contribution in [2.24, 2.45) is 5.73 Å². The summed E-state index contributed by atoms with van der Waals surface area (Å²) < 4.78 is 5.27. The number of amides is 2. The molecule has 4 N–H and O–H groups in total. The van der Waals surface area contributed by atoms with Gasteiger partial charge in [-0.15, -0.1) is 0 Å². The fraction of sp³-hybridized carbons (Fsp3) is 0.800. The van der Waals surface area contributed by atoms with Gasteiger partial charge in [-0.1, -0.05) is 13.3 Å². The highest BCUT2D eigenvalue weighted by Crippen LogP contribution is 1.87. The second kappa shape index (κ2) is 6.70.